The van der Waals surface area contributed by atoms with Crippen LogP contribution in [0.5, 0.6) is 5.75 Å². The highest BCUT2D eigenvalue weighted by Crippen LogP contribution is 2.15. The summed E-state index contributed by atoms with van der Waals surface area (Å²) in [4.78, 5) is 2.13. The second-order valence-corrected chi connectivity index (χ2v) is 5.29. The summed E-state index contributed by atoms with van der Waals surface area (Å²) in [6.45, 7) is 5.05. The van der Waals surface area contributed by atoms with Crippen molar-refractivity contribution in [3.05, 3.63) is 35.1 Å². The number of halogens is 1. The first-order valence-electron chi connectivity index (χ1n) is 7.01. The zero-order chi connectivity index (χ0) is 15.1. The normalized spacial score (nSPS) is 11.0. The Balaban J connectivity index is 1.75. The number of ether oxygens (including phenoxy) is 1. The summed E-state index contributed by atoms with van der Waals surface area (Å²) in [7, 11) is 2.02. The van der Waals surface area contributed by atoms with Crippen LogP contribution in [0.4, 0.5) is 0 Å². The van der Waals surface area contributed by atoms with Gasteiger partial charge in [0, 0.05) is 18.1 Å². The van der Waals surface area contributed by atoms with Gasteiger partial charge in [0.2, 0.25) is 0 Å². The minimum atomic E-state index is 0.605. The smallest absolute Gasteiger partial charge is 0.165 e. The van der Waals surface area contributed by atoms with Crippen molar-refractivity contribution in [1.82, 2.24) is 25.1 Å². The molecule has 0 saturated carbocycles. The Morgan fingerprint density at radius 2 is 2.05 bits per heavy atom. The molecule has 0 atom stereocenters. The maximum atomic E-state index is 5.83. The van der Waals surface area contributed by atoms with Crippen LogP contribution in [0.2, 0.25) is 5.02 Å². The van der Waals surface area contributed by atoms with Gasteiger partial charge in [-0.05, 0) is 48.2 Å². The van der Waals surface area contributed by atoms with E-state index in [0.29, 0.717) is 18.2 Å². The van der Waals surface area contributed by atoms with Gasteiger partial charge in [-0.1, -0.05) is 18.5 Å². The zero-order valence-electron chi connectivity index (χ0n) is 12.4. The fraction of sp³-hybridized carbons (Fsp3) is 0.500. The monoisotopic (exact) mass is 309 g/mol. The molecule has 1 heterocycles. The molecule has 0 fully saturated rings. The summed E-state index contributed by atoms with van der Waals surface area (Å²) in [6.07, 6.45) is 1.02. The quantitative estimate of drug-likeness (QED) is 0.748. The predicted molar refractivity (Wildman–Crippen MR) is 81.4 cm³/mol. The zero-order valence-corrected chi connectivity index (χ0v) is 13.1. The molecule has 7 heteroatoms. The fourth-order valence-electron chi connectivity index (χ4n) is 1.89. The Kier molecular flexibility index (Phi) is 5.95. The third-order valence-corrected chi connectivity index (χ3v) is 3.26. The summed E-state index contributed by atoms with van der Waals surface area (Å²) < 4.78 is 7.51. The highest BCUT2D eigenvalue weighted by Gasteiger charge is 2.08. The molecule has 0 radical (unpaired) electrons. The topological polar surface area (TPSA) is 56.1 Å². The van der Waals surface area contributed by atoms with Gasteiger partial charge in [-0.2, -0.15) is 0 Å². The van der Waals surface area contributed by atoms with Crippen LogP contribution in [0.15, 0.2) is 24.3 Å². The van der Waals surface area contributed by atoms with E-state index < -0.39 is 0 Å². The molecule has 0 unspecified atom stereocenters. The van der Waals surface area contributed by atoms with E-state index in [0.717, 1.165) is 31.1 Å². The number of tetrazole rings is 1. The van der Waals surface area contributed by atoms with E-state index in [1.807, 2.05) is 36.0 Å². The van der Waals surface area contributed by atoms with Gasteiger partial charge in [0.15, 0.2) is 5.82 Å². The Bertz CT molecular complexity index is 543. The number of benzene rings is 1. The Morgan fingerprint density at radius 3 is 2.76 bits per heavy atom. The van der Waals surface area contributed by atoms with E-state index in [1.165, 1.54) is 0 Å². The highest BCUT2D eigenvalue weighted by atomic mass is 35.5. The molecule has 0 spiro atoms. The first kappa shape index (κ1) is 15.7. The number of hydrogen-bond acceptors (Lipinski definition) is 5. The minimum Gasteiger partial charge on any atom is -0.492 e. The van der Waals surface area contributed by atoms with Crippen LogP contribution in [0.3, 0.4) is 0 Å². The Morgan fingerprint density at radius 1 is 1.29 bits per heavy atom. The third kappa shape index (κ3) is 4.99. The molecule has 0 aliphatic rings. The molecule has 0 saturated heterocycles. The van der Waals surface area contributed by atoms with E-state index >= 15 is 0 Å². The van der Waals surface area contributed by atoms with Gasteiger partial charge in [0.25, 0.3) is 0 Å². The van der Waals surface area contributed by atoms with Crippen molar-refractivity contribution in [2.75, 3.05) is 20.2 Å². The average molecular weight is 310 g/mol. The summed E-state index contributed by atoms with van der Waals surface area (Å²) in [5, 5.41) is 12.5. The fourth-order valence-corrected chi connectivity index (χ4v) is 2.02. The number of likely N-dealkylation sites (N-methyl/N-ethyl adjacent to an activating group) is 1. The lowest BCUT2D eigenvalue weighted by Gasteiger charge is -2.16. The lowest BCUT2D eigenvalue weighted by atomic mass is 10.3. The second-order valence-electron chi connectivity index (χ2n) is 4.86. The summed E-state index contributed by atoms with van der Waals surface area (Å²) in [6, 6.07) is 7.37. The molecule has 0 aliphatic carbocycles. The van der Waals surface area contributed by atoms with Gasteiger partial charge in [-0.25, -0.2) is 4.68 Å². The van der Waals surface area contributed by atoms with E-state index in [-0.39, 0.29) is 0 Å². The van der Waals surface area contributed by atoms with Crippen LogP contribution >= 0.6 is 11.6 Å². The molecule has 2 aromatic rings. The minimum absolute atomic E-state index is 0.605. The first-order chi connectivity index (χ1) is 10.2. The third-order valence-electron chi connectivity index (χ3n) is 3.01. The number of hydrogen-bond donors (Lipinski definition) is 0. The van der Waals surface area contributed by atoms with Crippen molar-refractivity contribution in [3.63, 3.8) is 0 Å². The Hall–Kier alpha value is -1.66. The van der Waals surface area contributed by atoms with Gasteiger partial charge >= 0.3 is 0 Å². The molecule has 0 bridgehead atoms. The number of rotatable bonds is 8. The highest BCUT2D eigenvalue weighted by molar-refractivity contribution is 6.30. The number of aromatic nitrogens is 4. The molecule has 1 aromatic heterocycles. The molecular formula is C14H20ClN5O. The summed E-state index contributed by atoms with van der Waals surface area (Å²) >= 11 is 5.83. The van der Waals surface area contributed by atoms with Crippen molar-refractivity contribution < 1.29 is 4.74 Å². The van der Waals surface area contributed by atoms with Crippen molar-refractivity contribution in [2.45, 2.75) is 26.4 Å². The molecule has 2 rings (SSSR count). The summed E-state index contributed by atoms with van der Waals surface area (Å²) in [5.41, 5.74) is 0. The molecule has 114 valence electrons. The largest absolute Gasteiger partial charge is 0.492 e. The number of nitrogens with zero attached hydrogens (tertiary/aromatic N) is 5. The molecule has 1 aromatic carbocycles. The standard InChI is InChI=1S/C14H20ClN5O/c1-3-8-20-14(16-17-18-20)11-19(2)9-10-21-13-6-4-12(15)5-7-13/h4-7H,3,8-11H2,1-2H3. The molecule has 21 heavy (non-hydrogen) atoms. The number of aryl methyl sites for hydroxylation is 1. The molecule has 0 aliphatic heterocycles. The van der Waals surface area contributed by atoms with E-state index in [4.69, 9.17) is 16.3 Å². The van der Waals surface area contributed by atoms with Crippen molar-refractivity contribution >= 4 is 11.6 Å². The van der Waals surface area contributed by atoms with Crippen LogP contribution in [0.1, 0.15) is 19.2 Å². The van der Waals surface area contributed by atoms with Crippen molar-refractivity contribution in [2.24, 2.45) is 0 Å². The van der Waals surface area contributed by atoms with E-state index in [9.17, 15) is 0 Å². The first-order valence-corrected chi connectivity index (χ1v) is 7.38. The van der Waals surface area contributed by atoms with Gasteiger partial charge in [-0.3, -0.25) is 4.90 Å². The van der Waals surface area contributed by atoms with Gasteiger partial charge in [-0.15, -0.1) is 5.10 Å². The Labute approximate surface area is 129 Å². The maximum absolute atomic E-state index is 5.83. The molecule has 6 nitrogen and oxygen atoms in total. The van der Waals surface area contributed by atoms with Crippen molar-refractivity contribution in [3.8, 4) is 5.75 Å². The van der Waals surface area contributed by atoms with Crippen LogP contribution < -0.4 is 4.74 Å². The molecular weight excluding hydrogens is 290 g/mol. The lowest BCUT2D eigenvalue weighted by Crippen LogP contribution is -2.25. The van der Waals surface area contributed by atoms with E-state index in [1.54, 1.807) is 0 Å². The molecule has 0 amide bonds. The van der Waals surface area contributed by atoms with E-state index in [2.05, 4.69) is 27.3 Å². The van der Waals surface area contributed by atoms with Gasteiger partial charge in [0.1, 0.15) is 12.4 Å². The lowest BCUT2D eigenvalue weighted by molar-refractivity contribution is 0.227. The SMILES string of the molecule is CCCn1nnnc1CN(C)CCOc1ccc(Cl)cc1. The van der Waals surface area contributed by atoms with Gasteiger partial charge < -0.3 is 4.74 Å². The van der Waals surface area contributed by atoms with Crippen LogP contribution in [0, 0.1) is 0 Å². The van der Waals surface area contributed by atoms with Gasteiger partial charge in [0.05, 0.1) is 6.54 Å². The second kappa shape index (κ2) is 7.95. The van der Waals surface area contributed by atoms with Crippen LogP contribution in [-0.4, -0.2) is 45.3 Å². The van der Waals surface area contributed by atoms with Crippen LogP contribution in [0.25, 0.3) is 0 Å². The van der Waals surface area contributed by atoms with Crippen molar-refractivity contribution in [1.29, 1.82) is 0 Å². The van der Waals surface area contributed by atoms with Crippen LogP contribution in [-0.2, 0) is 13.1 Å². The maximum Gasteiger partial charge on any atom is 0.165 e. The summed E-state index contributed by atoms with van der Waals surface area (Å²) in [5.74, 6) is 1.70. The molecule has 0 N–H and O–H groups in total. The predicted octanol–water partition coefficient (Wildman–Crippen LogP) is 2.25. The average Bonchev–Trinajstić information content (AvgIpc) is 2.89.